The van der Waals surface area contributed by atoms with Gasteiger partial charge in [-0.25, -0.2) is 13.4 Å². The van der Waals surface area contributed by atoms with Crippen molar-refractivity contribution in [2.24, 2.45) is 5.92 Å². The normalized spacial score (nSPS) is 15.0. The molecule has 0 aliphatic carbocycles. The Morgan fingerprint density at radius 3 is 2.46 bits per heavy atom. The van der Waals surface area contributed by atoms with Gasteiger partial charge in [-0.05, 0) is 67.1 Å². The third-order valence-corrected chi connectivity index (χ3v) is 8.33. The molecule has 3 aromatic rings. The second kappa shape index (κ2) is 11.0. The van der Waals surface area contributed by atoms with E-state index in [0.29, 0.717) is 49.9 Å². The number of nitrogens with one attached hydrogen (secondary N) is 1. The minimum atomic E-state index is -3.56. The molecule has 1 amide bonds. The molecule has 0 saturated carbocycles. The SMILES string of the molecule is Cc1ccc(S(=O)(=O)N2CCC(C(=O)NCc3ccnc(OCc4ccccc4)c3)CC2)cc1C. The molecule has 1 aliphatic rings. The number of hydrogen-bond acceptors (Lipinski definition) is 5. The average molecular weight is 494 g/mol. The summed E-state index contributed by atoms with van der Waals surface area (Å²) in [5, 5.41) is 2.98. The predicted molar refractivity (Wildman–Crippen MR) is 134 cm³/mol. The molecule has 1 saturated heterocycles. The maximum absolute atomic E-state index is 13.0. The standard InChI is InChI=1S/C27H31N3O4S/c1-20-8-9-25(16-21(20)2)35(32,33)30-14-11-24(12-15-30)27(31)29-18-23-10-13-28-26(17-23)34-19-22-6-4-3-5-7-22/h3-10,13,16-17,24H,11-12,14-15,18-19H2,1-2H3,(H,29,31). The van der Waals surface area contributed by atoms with E-state index in [1.54, 1.807) is 18.3 Å². The van der Waals surface area contributed by atoms with E-state index in [9.17, 15) is 13.2 Å². The summed E-state index contributed by atoms with van der Waals surface area (Å²) in [6.45, 7) is 5.32. The van der Waals surface area contributed by atoms with Crippen molar-refractivity contribution in [1.82, 2.24) is 14.6 Å². The van der Waals surface area contributed by atoms with Crippen LogP contribution < -0.4 is 10.1 Å². The molecule has 1 fully saturated rings. The van der Waals surface area contributed by atoms with Crippen LogP contribution in [0.5, 0.6) is 5.88 Å². The Labute approximate surface area is 207 Å². The highest BCUT2D eigenvalue weighted by Gasteiger charge is 2.32. The molecular weight excluding hydrogens is 462 g/mol. The van der Waals surface area contributed by atoms with Gasteiger partial charge in [0.15, 0.2) is 0 Å². The number of nitrogens with zero attached hydrogens (tertiary/aromatic N) is 2. The van der Waals surface area contributed by atoms with Crippen molar-refractivity contribution in [2.45, 2.75) is 44.7 Å². The van der Waals surface area contributed by atoms with Crippen LogP contribution in [0.25, 0.3) is 0 Å². The Morgan fingerprint density at radius 1 is 1.00 bits per heavy atom. The van der Waals surface area contributed by atoms with Gasteiger partial charge in [-0.2, -0.15) is 4.31 Å². The zero-order valence-corrected chi connectivity index (χ0v) is 20.9. The van der Waals surface area contributed by atoms with E-state index in [1.807, 2.05) is 62.4 Å². The Kier molecular flexibility index (Phi) is 7.83. The lowest BCUT2D eigenvalue weighted by atomic mass is 9.97. The van der Waals surface area contributed by atoms with Crippen LogP contribution in [0.4, 0.5) is 0 Å². The number of hydrogen-bond donors (Lipinski definition) is 1. The van der Waals surface area contributed by atoms with Crippen LogP contribution in [-0.4, -0.2) is 36.7 Å². The zero-order chi connectivity index (χ0) is 24.8. The van der Waals surface area contributed by atoms with Gasteiger partial charge in [0.1, 0.15) is 6.61 Å². The van der Waals surface area contributed by atoms with Crippen molar-refractivity contribution in [3.8, 4) is 5.88 Å². The molecule has 0 unspecified atom stereocenters. The molecule has 2 aromatic carbocycles. The van der Waals surface area contributed by atoms with Crippen LogP contribution in [0.1, 0.15) is 35.1 Å². The Bertz CT molecular complexity index is 1270. The number of aryl methyl sites for hydroxylation is 2. The van der Waals surface area contributed by atoms with E-state index in [0.717, 1.165) is 22.3 Å². The van der Waals surface area contributed by atoms with Gasteiger partial charge in [0.2, 0.25) is 21.8 Å². The van der Waals surface area contributed by atoms with Crippen molar-refractivity contribution >= 4 is 15.9 Å². The highest BCUT2D eigenvalue weighted by Crippen LogP contribution is 2.25. The molecule has 184 valence electrons. The molecule has 8 heteroatoms. The molecule has 0 atom stereocenters. The van der Waals surface area contributed by atoms with E-state index < -0.39 is 10.0 Å². The number of carbonyl (C=O) groups excluding carboxylic acids is 1. The molecule has 35 heavy (non-hydrogen) atoms. The van der Waals surface area contributed by atoms with Crippen molar-refractivity contribution in [3.63, 3.8) is 0 Å². The third-order valence-electron chi connectivity index (χ3n) is 6.44. The van der Waals surface area contributed by atoms with Crippen molar-refractivity contribution in [3.05, 3.63) is 89.1 Å². The summed E-state index contributed by atoms with van der Waals surface area (Å²) < 4.78 is 33.3. The van der Waals surface area contributed by atoms with Gasteiger partial charge < -0.3 is 10.1 Å². The first-order valence-corrected chi connectivity index (χ1v) is 13.2. The fourth-order valence-corrected chi connectivity index (χ4v) is 5.64. The summed E-state index contributed by atoms with van der Waals surface area (Å²) in [6.07, 6.45) is 2.66. The molecule has 1 aromatic heterocycles. The first-order valence-electron chi connectivity index (χ1n) is 11.8. The number of benzene rings is 2. The van der Waals surface area contributed by atoms with Crippen LogP contribution >= 0.6 is 0 Å². The molecule has 0 spiro atoms. The average Bonchev–Trinajstić information content (AvgIpc) is 2.88. The topological polar surface area (TPSA) is 88.6 Å². The van der Waals surface area contributed by atoms with Gasteiger partial charge in [0.25, 0.3) is 0 Å². The lowest BCUT2D eigenvalue weighted by molar-refractivity contribution is -0.126. The van der Waals surface area contributed by atoms with E-state index in [-0.39, 0.29) is 11.8 Å². The molecular formula is C27H31N3O4S. The van der Waals surface area contributed by atoms with Crippen LogP contribution in [0.15, 0.2) is 71.8 Å². The van der Waals surface area contributed by atoms with Gasteiger partial charge in [0, 0.05) is 37.8 Å². The lowest BCUT2D eigenvalue weighted by Gasteiger charge is -2.30. The third kappa shape index (κ3) is 6.26. The first kappa shape index (κ1) is 24.9. The summed E-state index contributed by atoms with van der Waals surface area (Å²) in [5.41, 5.74) is 3.96. The van der Waals surface area contributed by atoms with Crippen molar-refractivity contribution < 1.29 is 17.9 Å². The van der Waals surface area contributed by atoms with Crippen LogP contribution in [0.2, 0.25) is 0 Å². The summed E-state index contributed by atoms with van der Waals surface area (Å²) in [4.78, 5) is 17.3. The second-order valence-electron chi connectivity index (χ2n) is 8.92. The van der Waals surface area contributed by atoms with Gasteiger partial charge in [0.05, 0.1) is 4.90 Å². The molecule has 1 aliphatic heterocycles. The number of piperidine rings is 1. The molecule has 2 heterocycles. The van der Waals surface area contributed by atoms with Crippen LogP contribution in [-0.2, 0) is 28.0 Å². The van der Waals surface area contributed by atoms with Gasteiger partial charge in [-0.15, -0.1) is 0 Å². The van der Waals surface area contributed by atoms with E-state index >= 15 is 0 Å². The Hall–Kier alpha value is -3.23. The van der Waals surface area contributed by atoms with Gasteiger partial charge in [-0.1, -0.05) is 36.4 Å². The Morgan fingerprint density at radius 2 is 1.74 bits per heavy atom. The first-order chi connectivity index (χ1) is 16.8. The minimum absolute atomic E-state index is 0.0585. The maximum Gasteiger partial charge on any atom is 0.243 e. The van der Waals surface area contributed by atoms with Gasteiger partial charge >= 0.3 is 0 Å². The van der Waals surface area contributed by atoms with Crippen LogP contribution in [0.3, 0.4) is 0 Å². The summed E-state index contributed by atoms with van der Waals surface area (Å²) in [6, 6.07) is 18.7. The van der Waals surface area contributed by atoms with E-state index in [4.69, 9.17) is 4.74 Å². The van der Waals surface area contributed by atoms with E-state index in [1.165, 1.54) is 4.31 Å². The van der Waals surface area contributed by atoms with E-state index in [2.05, 4.69) is 10.3 Å². The number of rotatable bonds is 8. The monoisotopic (exact) mass is 493 g/mol. The number of aromatic nitrogens is 1. The minimum Gasteiger partial charge on any atom is -0.473 e. The number of sulfonamides is 1. The summed E-state index contributed by atoms with van der Waals surface area (Å²) >= 11 is 0. The van der Waals surface area contributed by atoms with Crippen LogP contribution in [0, 0.1) is 19.8 Å². The molecule has 1 N–H and O–H groups in total. The number of ether oxygens (including phenoxy) is 1. The lowest BCUT2D eigenvalue weighted by Crippen LogP contribution is -2.42. The fourth-order valence-electron chi connectivity index (χ4n) is 4.09. The maximum atomic E-state index is 13.0. The summed E-state index contributed by atoms with van der Waals surface area (Å²) in [7, 11) is -3.56. The summed E-state index contributed by atoms with van der Waals surface area (Å²) in [5.74, 6) is 0.235. The predicted octanol–water partition coefficient (Wildman–Crippen LogP) is 3.99. The molecule has 0 bridgehead atoms. The highest BCUT2D eigenvalue weighted by atomic mass is 32.2. The number of pyridine rings is 1. The zero-order valence-electron chi connectivity index (χ0n) is 20.1. The van der Waals surface area contributed by atoms with Gasteiger partial charge in [-0.3, -0.25) is 4.79 Å². The van der Waals surface area contributed by atoms with Crippen molar-refractivity contribution in [2.75, 3.05) is 13.1 Å². The molecule has 0 radical (unpaired) electrons. The largest absolute Gasteiger partial charge is 0.473 e. The number of carbonyl (C=O) groups is 1. The quantitative estimate of drug-likeness (QED) is 0.513. The smallest absolute Gasteiger partial charge is 0.243 e. The molecule has 7 nitrogen and oxygen atoms in total. The molecule has 4 rings (SSSR count). The second-order valence-corrected chi connectivity index (χ2v) is 10.9. The highest BCUT2D eigenvalue weighted by molar-refractivity contribution is 7.89. The van der Waals surface area contributed by atoms with Crippen molar-refractivity contribution in [1.29, 1.82) is 0 Å². The Balaban J connectivity index is 1.27. The number of amides is 1. The fraction of sp³-hybridized carbons (Fsp3) is 0.333.